The molecule has 2 rings (SSSR count). The highest BCUT2D eigenvalue weighted by molar-refractivity contribution is 7.89. The Hall–Kier alpha value is -1.44. The van der Waals surface area contributed by atoms with Gasteiger partial charge in [0.25, 0.3) is 0 Å². The molecule has 1 aliphatic heterocycles. The lowest BCUT2D eigenvalue weighted by Gasteiger charge is -2.27. The number of likely N-dealkylation sites (N-methyl/N-ethyl adjacent to an activating group) is 1. The van der Waals surface area contributed by atoms with Gasteiger partial charge < -0.3 is 9.84 Å². The zero-order valence-corrected chi connectivity index (χ0v) is 12.7. The lowest BCUT2D eigenvalue weighted by atomic mass is 10.1. The van der Waals surface area contributed by atoms with E-state index in [2.05, 4.69) is 0 Å². The number of ether oxygens (including phenoxy) is 1. The molecule has 1 atom stereocenters. The highest BCUT2D eigenvalue weighted by Crippen LogP contribution is 2.19. The van der Waals surface area contributed by atoms with Crippen molar-refractivity contribution in [3.63, 3.8) is 0 Å². The third-order valence-corrected chi connectivity index (χ3v) is 5.38. The van der Waals surface area contributed by atoms with Crippen molar-refractivity contribution < 1.29 is 23.1 Å². The topological polar surface area (TPSA) is 83.9 Å². The largest absolute Gasteiger partial charge is 0.478 e. The first-order valence-corrected chi connectivity index (χ1v) is 8.26. The molecule has 0 aromatic heterocycles. The molecule has 116 valence electrons. The maximum absolute atomic E-state index is 12.4. The van der Waals surface area contributed by atoms with Gasteiger partial charge in [-0.05, 0) is 43.5 Å². The van der Waals surface area contributed by atoms with Gasteiger partial charge in [-0.2, -0.15) is 4.31 Å². The molecule has 6 nitrogen and oxygen atoms in total. The summed E-state index contributed by atoms with van der Waals surface area (Å²) in [6, 6.07) is 5.22. The summed E-state index contributed by atoms with van der Waals surface area (Å²) in [5.41, 5.74) is 0.0622. The Kier molecular flexibility index (Phi) is 4.97. The average molecular weight is 313 g/mol. The van der Waals surface area contributed by atoms with E-state index in [1.54, 1.807) is 0 Å². The lowest BCUT2D eigenvalue weighted by Crippen LogP contribution is -2.37. The van der Waals surface area contributed by atoms with Gasteiger partial charge >= 0.3 is 5.97 Å². The molecule has 21 heavy (non-hydrogen) atoms. The quantitative estimate of drug-likeness (QED) is 0.892. The van der Waals surface area contributed by atoms with E-state index in [0.717, 1.165) is 19.3 Å². The van der Waals surface area contributed by atoms with E-state index in [9.17, 15) is 13.2 Å². The maximum atomic E-state index is 12.4. The number of benzene rings is 1. The minimum Gasteiger partial charge on any atom is -0.478 e. The van der Waals surface area contributed by atoms with Gasteiger partial charge in [-0.1, -0.05) is 0 Å². The lowest BCUT2D eigenvalue weighted by molar-refractivity contribution is 0.00858. The van der Waals surface area contributed by atoms with Crippen molar-refractivity contribution in [3.8, 4) is 0 Å². The fraction of sp³-hybridized carbons (Fsp3) is 0.500. The molecule has 7 heteroatoms. The highest BCUT2D eigenvalue weighted by Gasteiger charge is 2.25. The summed E-state index contributed by atoms with van der Waals surface area (Å²) >= 11 is 0. The van der Waals surface area contributed by atoms with Crippen LogP contribution in [0.4, 0.5) is 0 Å². The Morgan fingerprint density at radius 1 is 1.33 bits per heavy atom. The molecule has 1 saturated heterocycles. The Morgan fingerprint density at radius 2 is 2.00 bits per heavy atom. The third-order valence-electron chi connectivity index (χ3n) is 3.54. The van der Waals surface area contributed by atoms with Crippen LogP contribution in [-0.2, 0) is 14.8 Å². The summed E-state index contributed by atoms with van der Waals surface area (Å²) in [5, 5.41) is 8.83. The van der Waals surface area contributed by atoms with E-state index in [4.69, 9.17) is 9.84 Å². The number of hydrogen-bond donors (Lipinski definition) is 1. The van der Waals surface area contributed by atoms with Crippen LogP contribution in [0.2, 0.25) is 0 Å². The van der Waals surface area contributed by atoms with Crippen LogP contribution >= 0.6 is 0 Å². The van der Waals surface area contributed by atoms with E-state index < -0.39 is 16.0 Å². The molecule has 1 aliphatic rings. The second-order valence-corrected chi connectivity index (χ2v) is 7.15. The van der Waals surface area contributed by atoms with E-state index in [1.165, 1.54) is 35.6 Å². The molecule has 1 unspecified atom stereocenters. The van der Waals surface area contributed by atoms with Gasteiger partial charge in [-0.3, -0.25) is 0 Å². The minimum atomic E-state index is -3.62. The summed E-state index contributed by atoms with van der Waals surface area (Å²) in [6.45, 7) is 0.981. The van der Waals surface area contributed by atoms with E-state index in [0.29, 0.717) is 13.2 Å². The van der Waals surface area contributed by atoms with Crippen LogP contribution in [0.3, 0.4) is 0 Å². The number of aromatic carboxylic acids is 1. The molecule has 0 aliphatic carbocycles. The van der Waals surface area contributed by atoms with Crippen LogP contribution in [-0.4, -0.2) is 50.1 Å². The molecule has 0 saturated carbocycles. The average Bonchev–Trinajstić information content (AvgIpc) is 2.48. The normalized spacial score (nSPS) is 19.6. The smallest absolute Gasteiger partial charge is 0.335 e. The molecule has 0 spiro atoms. The molecular weight excluding hydrogens is 294 g/mol. The van der Waals surface area contributed by atoms with Crippen LogP contribution in [0.25, 0.3) is 0 Å². The summed E-state index contributed by atoms with van der Waals surface area (Å²) < 4.78 is 31.6. The number of hydrogen-bond acceptors (Lipinski definition) is 4. The number of nitrogens with zero attached hydrogens (tertiary/aromatic N) is 1. The molecule has 1 fully saturated rings. The van der Waals surface area contributed by atoms with Crippen LogP contribution in [0.5, 0.6) is 0 Å². The Bertz CT molecular complexity index is 590. The van der Waals surface area contributed by atoms with Gasteiger partial charge in [0.1, 0.15) is 0 Å². The second kappa shape index (κ2) is 6.55. The summed E-state index contributed by atoms with van der Waals surface area (Å²) in [7, 11) is -2.11. The number of sulfonamides is 1. The molecule has 1 aromatic rings. The molecule has 1 heterocycles. The van der Waals surface area contributed by atoms with E-state index in [1.807, 2.05) is 0 Å². The van der Waals surface area contributed by atoms with Crippen molar-refractivity contribution in [1.29, 1.82) is 0 Å². The summed E-state index contributed by atoms with van der Waals surface area (Å²) in [5.74, 6) is -1.08. The summed E-state index contributed by atoms with van der Waals surface area (Å²) in [6.07, 6.45) is 2.85. The monoisotopic (exact) mass is 313 g/mol. The van der Waals surface area contributed by atoms with Gasteiger partial charge in [-0.15, -0.1) is 0 Å². The van der Waals surface area contributed by atoms with Crippen LogP contribution in [0.1, 0.15) is 29.6 Å². The molecular formula is C14H19NO5S. The van der Waals surface area contributed by atoms with Crippen LogP contribution in [0, 0.1) is 0 Å². The number of carboxylic acids is 1. The molecule has 0 amide bonds. The van der Waals surface area contributed by atoms with Gasteiger partial charge in [0.2, 0.25) is 10.0 Å². The van der Waals surface area contributed by atoms with Crippen LogP contribution in [0.15, 0.2) is 29.2 Å². The number of carboxylic acid groups (broad SMARTS) is 1. The van der Waals surface area contributed by atoms with Crippen molar-refractivity contribution in [2.24, 2.45) is 0 Å². The fourth-order valence-corrected chi connectivity index (χ4v) is 3.49. The van der Waals surface area contributed by atoms with Crippen molar-refractivity contribution in [3.05, 3.63) is 29.8 Å². The van der Waals surface area contributed by atoms with Gasteiger partial charge in [0, 0.05) is 20.2 Å². The Balaban J connectivity index is 2.10. The Morgan fingerprint density at radius 3 is 2.52 bits per heavy atom. The van der Waals surface area contributed by atoms with E-state index in [-0.39, 0.29) is 16.6 Å². The zero-order chi connectivity index (χ0) is 15.5. The standard InChI is InChI=1S/C14H19NO5S/c1-15(10-12-4-2-3-9-20-12)21(18,19)13-7-5-11(6-8-13)14(16)17/h5-8,12H,2-4,9-10H2,1H3,(H,16,17). The molecule has 1 N–H and O–H groups in total. The highest BCUT2D eigenvalue weighted by atomic mass is 32.2. The number of rotatable bonds is 5. The first-order chi connectivity index (χ1) is 9.91. The van der Waals surface area contributed by atoms with E-state index >= 15 is 0 Å². The van der Waals surface area contributed by atoms with Crippen molar-refractivity contribution in [2.75, 3.05) is 20.2 Å². The fourth-order valence-electron chi connectivity index (χ4n) is 2.29. The van der Waals surface area contributed by atoms with Crippen molar-refractivity contribution >= 4 is 16.0 Å². The molecule has 0 bridgehead atoms. The molecule has 1 aromatic carbocycles. The van der Waals surface area contributed by atoms with Gasteiger partial charge in [-0.25, -0.2) is 13.2 Å². The van der Waals surface area contributed by atoms with Gasteiger partial charge in [0.15, 0.2) is 0 Å². The zero-order valence-electron chi connectivity index (χ0n) is 11.9. The first-order valence-electron chi connectivity index (χ1n) is 6.82. The SMILES string of the molecule is CN(CC1CCCCO1)S(=O)(=O)c1ccc(C(=O)O)cc1. The first kappa shape index (κ1) is 15.9. The maximum Gasteiger partial charge on any atom is 0.335 e. The second-order valence-electron chi connectivity index (χ2n) is 5.10. The molecule has 0 radical (unpaired) electrons. The van der Waals surface area contributed by atoms with Crippen LogP contribution < -0.4 is 0 Å². The van der Waals surface area contributed by atoms with Crippen molar-refractivity contribution in [1.82, 2.24) is 4.31 Å². The number of carbonyl (C=O) groups is 1. The van der Waals surface area contributed by atoms with Gasteiger partial charge in [0.05, 0.1) is 16.6 Å². The third kappa shape index (κ3) is 3.81. The van der Waals surface area contributed by atoms with Crippen molar-refractivity contribution in [2.45, 2.75) is 30.3 Å². The summed E-state index contributed by atoms with van der Waals surface area (Å²) in [4.78, 5) is 10.9. The minimum absolute atomic E-state index is 0.0622. The predicted molar refractivity (Wildman–Crippen MR) is 76.8 cm³/mol. The predicted octanol–water partition coefficient (Wildman–Crippen LogP) is 1.57. The Labute approximate surface area is 124 Å².